The maximum absolute atomic E-state index is 12.5. The van der Waals surface area contributed by atoms with Crippen molar-refractivity contribution in [3.8, 4) is 5.88 Å². The zero-order valence-electron chi connectivity index (χ0n) is 15.1. The molecular formula is C21H17BrN4O2. The third kappa shape index (κ3) is 3.29. The molecule has 7 heteroatoms. The van der Waals surface area contributed by atoms with Crippen molar-refractivity contribution in [2.24, 2.45) is 10.2 Å². The molecule has 6 nitrogen and oxygen atoms in total. The Kier molecular flexibility index (Phi) is 4.92. The molecular weight excluding hydrogens is 420 g/mol. The minimum atomic E-state index is -0.559. The Hall–Kier alpha value is -3.06. The third-order valence-corrected chi connectivity index (χ3v) is 4.97. The number of hydrogen-bond donors (Lipinski definition) is 1. The summed E-state index contributed by atoms with van der Waals surface area (Å²) in [7, 11) is 0. The molecule has 0 aliphatic rings. The summed E-state index contributed by atoms with van der Waals surface area (Å²) in [5, 5.41) is 20.2. The Morgan fingerprint density at radius 1 is 1.18 bits per heavy atom. The standard InChI is InChI=1S/C21H17BrN4O2/c1-2-11-26-18-10-8-14(22)12-15(18)19(21(26)28)24-25-20(27)17-9-7-13-5-3-4-6-16(13)23-17/h3-10,12,28H,2,11H2,1H3. The Bertz CT molecular complexity index is 1230. The molecule has 2 aromatic carbocycles. The Morgan fingerprint density at radius 2 is 2.00 bits per heavy atom. The largest absolute Gasteiger partial charge is 0.493 e. The van der Waals surface area contributed by atoms with Crippen LogP contribution in [0.2, 0.25) is 0 Å². The number of fused-ring (bicyclic) bond motifs is 2. The second-order valence-corrected chi connectivity index (χ2v) is 7.30. The summed E-state index contributed by atoms with van der Waals surface area (Å²) in [5.74, 6) is -0.561. The van der Waals surface area contributed by atoms with Gasteiger partial charge < -0.3 is 9.67 Å². The van der Waals surface area contributed by atoms with Gasteiger partial charge in [-0.3, -0.25) is 4.79 Å². The van der Waals surface area contributed by atoms with Gasteiger partial charge in [-0.1, -0.05) is 47.1 Å². The lowest BCUT2D eigenvalue weighted by Gasteiger charge is -2.03. The lowest BCUT2D eigenvalue weighted by atomic mass is 10.2. The number of aromatic nitrogens is 2. The zero-order valence-corrected chi connectivity index (χ0v) is 16.7. The highest BCUT2D eigenvalue weighted by Gasteiger charge is 2.17. The Labute approximate surface area is 169 Å². The number of azo groups is 1. The molecule has 2 aromatic heterocycles. The summed E-state index contributed by atoms with van der Waals surface area (Å²) >= 11 is 3.44. The van der Waals surface area contributed by atoms with E-state index in [0.29, 0.717) is 6.54 Å². The van der Waals surface area contributed by atoms with Crippen LogP contribution in [0.3, 0.4) is 0 Å². The van der Waals surface area contributed by atoms with Crippen molar-refractivity contribution in [3.63, 3.8) is 0 Å². The van der Waals surface area contributed by atoms with Gasteiger partial charge in [-0.15, -0.1) is 10.2 Å². The molecule has 0 saturated heterocycles. The lowest BCUT2D eigenvalue weighted by molar-refractivity contribution is 0.0990. The number of aryl methyl sites for hydroxylation is 1. The highest BCUT2D eigenvalue weighted by atomic mass is 79.9. The van der Waals surface area contributed by atoms with Gasteiger partial charge in [0.25, 0.3) is 0 Å². The number of hydrogen-bond acceptors (Lipinski definition) is 4. The molecule has 0 aliphatic heterocycles. The summed E-state index contributed by atoms with van der Waals surface area (Å²) in [4.78, 5) is 16.8. The van der Waals surface area contributed by atoms with E-state index < -0.39 is 5.91 Å². The average molecular weight is 437 g/mol. The molecule has 2 heterocycles. The minimum absolute atomic E-state index is 0.00188. The molecule has 0 fully saturated rings. The van der Waals surface area contributed by atoms with Crippen LogP contribution in [0.1, 0.15) is 23.8 Å². The summed E-state index contributed by atoms with van der Waals surface area (Å²) in [6.45, 7) is 2.67. The van der Waals surface area contributed by atoms with Crippen molar-refractivity contribution in [2.45, 2.75) is 19.9 Å². The Balaban J connectivity index is 1.74. The van der Waals surface area contributed by atoms with E-state index in [0.717, 1.165) is 32.7 Å². The highest BCUT2D eigenvalue weighted by molar-refractivity contribution is 9.10. The number of carbonyl (C=O) groups is 1. The van der Waals surface area contributed by atoms with Crippen molar-refractivity contribution >= 4 is 49.3 Å². The smallest absolute Gasteiger partial charge is 0.313 e. The SMILES string of the molecule is CCCn1c(O)c(N=NC(=O)c2ccc3ccccc3n2)c2cc(Br)ccc21. The molecule has 0 spiro atoms. The molecule has 0 radical (unpaired) electrons. The second-order valence-electron chi connectivity index (χ2n) is 6.38. The lowest BCUT2D eigenvalue weighted by Crippen LogP contribution is -1.97. The molecule has 0 atom stereocenters. The first-order valence-electron chi connectivity index (χ1n) is 8.91. The monoisotopic (exact) mass is 436 g/mol. The zero-order chi connectivity index (χ0) is 19.7. The first-order chi connectivity index (χ1) is 13.6. The van der Waals surface area contributed by atoms with Gasteiger partial charge in [0.15, 0.2) is 5.69 Å². The van der Waals surface area contributed by atoms with E-state index in [1.165, 1.54) is 0 Å². The van der Waals surface area contributed by atoms with E-state index in [4.69, 9.17) is 0 Å². The van der Waals surface area contributed by atoms with Gasteiger partial charge in [-0.2, -0.15) is 0 Å². The van der Waals surface area contributed by atoms with Gasteiger partial charge in [0.1, 0.15) is 5.69 Å². The number of amides is 1. The van der Waals surface area contributed by atoms with Crippen LogP contribution >= 0.6 is 15.9 Å². The first-order valence-corrected chi connectivity index (χ1v) is 9.70. The predicted molar refractivity (Wildman–Crippen MR) is 112 cm³/mol. The quantitative estimate of drug-likeness (QED) is 0.398. The van der Waals surface area contributed by atoms with Crippen LogP contribution in [-0.2, 0) is 6.54 Å². The molecule has 1 amide bonds. The van der Waals surface area contributed by atoms with Gasteiger partial charge in [0.05, 0.1) is 11.0 Å². The van der Waals surface area contributed by atoms with Crippen molar-refractivity contribution in [3.05, 3.63) is 64.8 Å². The average Bonchev–Trinajstić information content (AvgIpc) is 2.96. The molecule has 0 saturated carbocycles. The van der Waals surface area contributed by atoms with Crippen LogP contribution in [0.15, 0.2) is 69.3 Å². The number of halogens is 1. The van der Waals surface area contributed by atoms with Crippen LogP contribution in [0.25, 0.3) is 21.8 Å². The van der Waals surface area contributed by atoms with E-state index in [-0.39, 0.29) is 17.3 Å². The fourth-order valence-corrected chi connectivity index (χ4v) is 3.54. The number of aromatic hydroxyl groups is 1. The van der Waals surface area contributed by atoms with Gasteiger partial charge in [0.2, 0.25) is 5.88 Å². The number of nitrogens with zero attached hydrogens (tertiary/aromatic N) is 4. The maximum atomic E-state index is 12.5. The number of rotatable bonds is 4. The molecule has 4 aromatic rings. The van der Waals surface area contributed by atoms with E-state index in [1.54, 1.807) is 10.6 Å². The van der Waals surface area contributed by atoms with Crippen molar-refractivity contribution in [2.75, 3.05) is 0 Å². The number of benzene rings is 2. The fourth-order valence-electron chi connectivity index (χ4n) is 3.18. The van der Waals surface area contributed by atoms with Gasteiger partial charge in [-0.05, 0) is 36.8 Å². The molecule has 0 bridgehead atoms. The summed E-state index contributed by atoms with van der Waals surface area (Å²) in [6, 6.07) is 16.7. The van der Waals surface area contributed by atoms with Crippen LogP contribution in [0, 0.1) is 0 Å². The first kappa shape index (κ1) is 18.3. The molecule has 1 N–H and O–H groups in total. The van der Waals surface area contributed by atoms with Crippen LogP contribution < -0.4 is 0 Å². The minimum Gasteiger partial charge on any atom is -0.493 e. The summed E-state index contributed by atoms with van der Waals surface area (Å²) < 4.78 is 2.63. The van der Waals surface area contributed by atoms with Crippen LogP contribution in [0.4, 0.5) is 5.69 Å². The normalized spacial score (nSPS) is 11.6. The number of pyridine rings is 1. The van der Waals surface area contributed by atoms with Gasteiger partial charge in [0, 0.05) is 21.8 Å². The van der Waals surface area contributed by atoms with Crippen molar-refractivity contribution in [1.29, 1.82) is 0 Å². The molecule has 28 heavy (non-hydrogen) atoms. The number of para-hydroxylation sites is 1. The van der Waals surface area contributed by atoms with E-state index in [9.17, 15) is 9.90 Å². The summed E-state index contributed by atoms with van der Waals surface area (Å²) in [5.41, 5.74) is 2.04. The topological polar surface area (TPSA) is 79.8 Å². The van der Waals surface area contributed by atoms with Gasteiger partial charge in [-0.25, -0.2) is 4.98 Å². The maximum Gasteiger partial charge on any atom is 0.313 e. The predicted octanol–water partition coefficient (Wildman–Crippen LogP) is 5.99. The fraction of sp³-hybridized carbons (Fsp3) is 0.143. The van der Waals surface area contributed by atoms with Crippen molar-refractivity contribution < 1.29 is 9.90 Å². The molecule has 0 unspecified atom stereocenters. The highest BCUT2D eigenvalue weighted by Crippen LogP contribution is 2.40. The van der Waals surface area contributed by atoms with E-state index in [2.05, 4.69) is 31.1 Å². The van der Waals surface area contributed by atoms with Crippen LogP contribution in [-0.4, -0.2) is 20.6 Å². The molecule has 4 rings (SSSR count). The van der Waals surface area contributed by atoms with Crippen molar-refractivity contribution in [1.82, 2.24) is 9.55 Å². The third-order valence-electron chi connectivity index (χ3n) is 4.48. The summed E-state index contributed by atoms with van der Waals surface area (Å²) in [6.07, 6.45) is 0.851. The van der Waals surface area contributed by atoms with Crippen LogP contribution in [0.5, 0.6) is 5.88 Å². The molecule has 140 valence electrons. The van der Waals surface area contributed by atoms with E-state index in [1.807, 2.05) is 55.5 Å². The number of carbonyl (C=O) groups excluding carboxylic acids is 1. The second kappa shape index (κ2) is 7.52. The molecule has 0 aliphatic carbocycles. The Morgan fingerprint density at radius 3 is 2.82 bits per heavy atom. The van der Waals surface area contributed by atoms with E-state index >= 15 is 0 Å². The van der Waals surface area contributed by atoms with Gasteiger partial charge >= 0.3 is 5.91 Å².